The number of carboxylic acid groups (broad SMARTS) is 1. The van der Waals surface area contributed by atoms with E-state index in [2.05, 4.69) is 0 Å². The van der Waals surface area contributed by atoms with Crippen LogP contribution in [0, 0.1) is 5.92 Å². The minimum absolute atomic E-state index is 0.0476. The molecule has 3 rings (SSSR count). The van der Waals surface area contributed by atoms with Crippen LogP contribution < -0.4 is 9.47 Å². The van der Waals surface area contributed by atoms with Gasteiger partial charge in [-0.2, -0.15) is 0 Å². The molecule has 1 saturated heterocycles. The molecule has 0 aromatic heterocycles. The first-order valence-corrected chi connectivity index (χ1v) is 9.51. The van der Waals surface area contributed by atoms with Crippen LogP contribution in [0.1, 0.15) is 24.0 Å². The Hall–Kier alpha value is -1.86. The number of hydrogen-bond acceptors (Lipinski definition) is 4. The summed E-state index contributed by atoms with van der Waals surface area (Å²) < 4.78 is 10.7. The summed E-state index contributed by atoms with van der Waals surface area (Å²) in [6.45, 7) is 1.52. The largest absolute Gasteiger partial charge is 0.491 e. The second kappa shape index (κ2) is 8.02. The number of likely N-dealkylation sites (tertiary alicyclic amines) is 1. The molecule has 1 aromatic rings. The van der Waals surface area contributed by atoms with E-state index in [4.69, 9.17) is 32.7 Å². The Labute approximate surface area is 167 Å². The van der Waals surface area contributed by atoms with Crippen LogP contribution in [0.4, 0.5) is 4.79 Å². The Bertz CT molecular complexity index is 771. The Morgan fingerprint density at radius 1 is 1.04 bits per heavy atom. The third-order valence-corrected chi connectivity index (χ3v) is 6.04. The smallest absolute Gasteiger partial charge is 0.407 e. The maximum Gasteiger partial charge on any atom is 0.407 e. The second-order valence-electron chi connectivity index (χ2n) is 6.73. The van der Waals surface area contributed by atoms with Gasteiger partial charge in [-0.15, -0.1) is 0 Å². The molecule has 1 N–H and O–H groups in total. The Morgan fingerprint density at radius 2 is 1.67 bits per heavy atom. The number of halogens is 2. The predicted molar refractivity (Wildman–Crippen MR) is 101 cm³/mol. The number of fused-ring (bicyclic) bond motifs is 1. The summed E-state index contributed by atoms with van der Waals surface area (Å²) >= 11 is 13.0. The number of nitrogens with zero attached hydrogens (tertiary/aromatic N) is 2. The van der Waals surface area contributed by atoms with Gasteiger partial charge in [-0.1, -0.05) is 23.2 Å². The fraction of sp³-hybridized carbons (Fsp3) is 0.556. The van der Waals surface area contributed by atoms with Crippen molar-refractivity contribution in [2.75, 3.05) is 33.9 Å². The summed E-state index contributed by atoms with van der Waals surface area (Å²) in [6, 6.07) is 0. The van der Waals surface area contributed by atoms with Crippen molar-refractivity contribution in [3.05, 3.63) is 21.2 Å². The number of piperidine rings is 1. The topological polar surface area (TPSA) is 79.3 Å². The van der Waals surface area contributed by atoms with Crippen LogP contribution in [0.5, 0.6) is 11.5 Å². The second-order valence-corrected chi connectivity index (χ2v) is 7.49. The fourth-order valence-corrected chi connectivity index (χ4v) is 4.55. The highest BCUT2D eigenvalue weighted by atomic mass is 35.5. The summed E-state index contributed by atoms with van der Waals surface area (Å²) in [5.41, 5.74) is 1.61. The maximum atomic E-state index is 13.0. The van der Waals surface area contributed by atoms with E-state index in [1.807, 2.05) is 0 Å². The Kier molecular flexibility index (Phi) is 5.91. The van der Waals surface area contributed by atoms with Crippen molar-refractivity contribution in [2.45, 2.75) is 25.8 Å². The predicted octanol–water partition coefficient (Wildman–Crippen LogP) is 3.29. The van der Waals surface area contributed by atoms with Crippen molar-refractivity contribution >= 4 is 35.2 Å². The summed E-state index contributed by atoms with van der Waals surface area (Å²) in [6.07, 6.45) is 0.940. The van der Waals surface area contributed by atoms with Crippen molar-refractivity contribution in [2.24, 2.45) is 5.92 Å². The first kappa shape index (κ1) is 19.9. The first-order chi connectivity index (χ1) is 12.9. The third-order valence-electron chi connectivity index (χ3n) is 5.24. The average molecular weight is 417 g/mol. The van der Waals surface area contributed by atoms with Crippen LogP contribution >= 0.6 is 23.2 Å². The highest BCUT2D eigenvalue weighted by Gasteiger charge is 2.35. The van der Waals surface area contributed by atoms with Gasteiger partial charge in [0.1, 0.15) is 0 Å². The van der Waals surface area contributed by atoms with Crippen LogP contribution in [-0.2, 0) is 17.8 Å². The molecule has 0 bridgehead atoms. The molecule has 2 amide bonds. The minimum Gasteiger partial charge on any atom is -0.491 e. The number of benzene rings is 1. The highest BCUT2D eigenvalue weighted by Crippen LogP contribution is 2.47. The molecule has 148 valence electrons. The first-order valence-electron chi connectivity index (χ1n) is 8.76. The van der Waals surface area contributed by atoms with E-state index in [0.29, 0.717) is 60.4 Å². The van der Waals surface area contributed by atoms with Crippen LogP contribution in [0.3, 0.4) is 0 Å². The van der Waals surface area contributed by atoms with Gasteiger partial charge in [0.2, 0.25) is 5.91 Å². The summed E-state index contributed by atoms with van der Waals surface area (Å²) in [7, 11) is 2.99. The Balaban J connectivity index is 1.85. The molecular formula is C18H22Cl2N2O5. The molecule has 1 fully saturated rings. The number of methoxy groups -OCH3 is 2. The molecule has 0 radical (unpaired) electrons. The van der Waals surface area contributed by atoms with Gasteiger partial charge >= 0.3 is 6.09 Å². The molecule has 2 aliphatic heterocycles. The van der Waals surface area contributed by atoms with E-state index in [9.17, 15) is 14.7 Å². The standard InChI is InChI=1S/C18H22Cl2N2O5/c1-26-15-13(19)11-5-7-21(9-12(11)14(20)16(15)27-2)17(23)10-4-3-6-22(8-10)18(24)25/h10H,3-9H2,1-2H3,(H,24,25). The fourth-order valence-electron chi connectivity index (χ4n) is 3.84. The lowest BCUT2D eigenvalue weighted by atomic mass is 9.93. The number of carbonyl (C=O) groups is 2. The lowest BCUT2D eigenvalue weighted by molar-refractivity contribution is -0.138. The molecule has 0 saturated carbocycles. The lowest BCUT2D eigenvalue weighted by Crippen LogP contribution is -2.47. The molecule has 1 unspecified atom stereocenters. The van der Waals surface area contributed by atoms with E-state index < -0.39 is 6.09 Å². The average Bonchev–Trinajstić information content (AvgIpc) is 2.69. The van der Waals surface area contributed by atoms with Crippen LogP contribution in [-0.4, -0.2) is 60.8 Å². The van der Waals surface area contributed by atoms with Crippen molar-refractivity contribution in [3.63, 3.8) is 0 Å². The zero-order valence-electron chi connectivity index (χ0n) is 15.3. The van der Waals surface area contributed by atoms with Crippen molar-refractivity contribution < 1.29 is 24.2 Å². The number of ether oxygens (including phenoxy) is 2. The summed E-state index contributed by atoms with van der Waals surface area (Å²) in [5, 5.41) is 10.0. The van der Waals surface area contributed by atoms with Gasteiger partial charge < -0.3 is 24.4 Å². The van der Waals surface area contributed by atoms with Gasteiger partial charge in [0.25, 0.3) is 0 Å². The van der Waals surface area contributed by atoms with Gasteiger partial charge in [-0.3, -0.25) is 4.79 Å². The van der Waals surface area contributed by atoms with Gasteiger partial charge in [0, 0.05) is 26.2 Å². The molecule has 2 heterocycles. The van der Waals surface area contributed by atoms with Crippen LogP contribution in [0.15, 0.2) is 0 Å². The molecule has 0 spiro atoms. The summed E-state index contributed by atoms with van der Waals surface area (Å²) in [4.78, 5) is 27.2. The number of amides is 2. The molecule has 27 heavy (non-hydrogen) atoms. The molecule has 0 aliphatic carbocycles. The summed E-state index contributed by atoms with van der Waals surface area (Å²) in [5.74, 6) is 0.373. The van der Waals surface area contributed by atoms with Gasteiger partial charge in [0.15, 0.2) is 11.5 Å². The minimum atomic E-state index is -0.983. The van der Waals surface area contributed by atoms with Gasteiger partial charge in [-0.05, 0) is 30.4 Å². The normalized spacial score (nSPS) is 19.5. The Morgan fingerprint density at radius 3 is 2.26 bits per heavy atom. The van der Waals surface area contributed by atoms with E-state index >= 15 is 0 Å². The van der Waals surface area contributed by atoms with Crippen molar-refractivity contribution in [1.82, 2.24) is 9.80 Å². The zero-order valence-corrected chi connectivity index (χ0v) is 16.8. The number of hydrogen-bond donors (Lipinski definition) is 1. The third kappa shape index (κ3) is 3.62. The van der Waals surface area contributed by atoms with Crippen molar-refractivity contribution in [1.29, 1.82) is 0 Å². The van der Waals surface area contributed by atoms with E-state index in [1.54, 1.807) is 4.90 Å². The molecule has 9 heteroatoms. The van der Waals surface area contributed by atoms with E-state index in [1.165, 1.54) is 19.1 Å². The SMILES string of the molecule is COc1c(Cl)c2c(c(Cl)c1OC)CN(C(=O)C1CCCN(C(=O)O)C1)CC2. The lowest BCUT2D eigenvalue weighted by Gasteiger charge is -2.36. The molecule has 7 nitrogen and oxygen atoms in total. The quantitative estimate of drug-likeness (QED) is 0.817. The van der Waals surface area contributed by atoms with E-state index in [0.717, 1.165) is 11.1 Å². The number of carbonyl (C=O) groups excluding carboxylic acids is 1. The van der Waals surface area contributed by atoms with Gasteiger partial charge in [-0.25, -0.2) is 4.79 Å². The van der Waals surface area contributed by atoms with Crippen LogP contribution in [0.2, 0.25) is 10.0 Å². The number of rotatable bonds is 3. The molecule has 2 aliphatic rings. The molecule has 1 aromatic carbocycles. The monoisotopic (exact) mass is 416 g/mol. The molecule has 1 atom stereocenters. The van der Waals surface area contributed by atoms with Gasteiger partial charge in [0.05, 0.1) is 30.2 Å². The highest BCUT2D eigenvalue weighted by molar-refractivity contribution is 6.37. The van der Waals surface area contributed by atoms with E-state index in [-0.39, 0.29) is 18.4 Å². The van der Waals surface area contributed by atoms with Crippen LogP contribution in [0.25, 0.3) is 0 Å². The molecular weight excluding hydrogens is 395 g/mol. The van der Waals surface area contributed by atoms with Crippen molar-refractivity contribution in [3.8, 4) is 11.5 Å². The zero-order chi connectivity index (χ0) is 19.7. The maximum absolute atomic E-state index is 13.0.